The van der Waals surface area contributed by atoms with Gasteiger partial charge >= 0.3 is 5.97 Å². The van der Waals surface area contributed by atoms with Crippen molar-refractivity contribution in [3.8, 4) is 0 Å². The van der Waals surface area contributed by atoms with Crippen molar-refractivity contribution in [3.63, 3.8) is 0 Å². The number of carbonyl (C=O) groups is 3. The van der Waals surface area contributed by atoms with Crippen LogP contribution in [0.3, 0.4) is 0 Å². The largest absolute Gasteiger partial charge is 0.481 e. The van der Waals surface area contributed by atoms with E-state index in [2.05, 4.69) is 10.6 Å². The van der Waals surface area contributed by atoms with Crippen molar-refractivity contribution in [2.24, 2.45) is 0 Å². The summed E-state index contributed by atoms with van der Waals surface area (Å²) in [6.45, 7) is 2.31. The van der Waals surface area contributed by atoms with E-state index < -0.39 is 18.3 Å². The van der Waals surface area contributed by atoms with E-state index in [4.69, 9.17) is 5.11 Å². The summed E-state index contributed by atoms with van der Waals surface area (Å²) < 4.78 is 0. The second-order valence-corrected chi connectivity index (χ2v) is 3.56. The van der Waals surface area contributed by atoms with Crippen molar-refractivity contribution >= 4 is 23.5 Å². The highest BCUT2D eigenvalue weighted by Gasteiger charge is 2.09. The van der Waals surface area contributed by atoms with Crippen LogP contribution in [0.15, 0.2) is 24.3 Å². The fourth-order valence-corrected chi connectivity index (χ4v) is 1.34. The number of amides is 2. The third kappa shape index (κ3) is 4.25. The van der Waals surface area contributed by atoms with E-state index in [0.717, 1.165) is 0 Å². The molecule has 0 aliphatic heterocycles. The number of carboxylic acid groups (broad SMARTS) is 1. The molecule has 0 saturated carbocycles. The minimum atomic E-state index is -1.20. The molecule has 0 aliphatic rings. The van der Waals surface area contributed by atoms with E-state index in [1.807, 2.05) is 0 Å². The van der Waals surface area contributed by atoms with Gasteiger partial charge < -0.3 is 15.7 Å². The van der Waals surface area contributed by atoms with Crippen LogP contribution in [0, 0.1) is 0 Å². The maximum atomic E-state index is 11.5. The molecule has 6 heteroatoms. The number of hydrogen-bond donors (Lipinski definition) is 3. The fourth-order valence-electron chi connectivity index (χ4n) is 1.34. The molecule has 18 heavy (non-hydrogen) atoms. The van der Waals surface area contributed by atoms with Crippen LogP contribution in [0.4, 0.5) is 5.69 Å². The zero-order chi connectivity index (χ0) is 13.5. The van der Waals surface area contributed by atoms with Crippen LogP contribution in [0.2, 0.25) is 0 Å². The van der Waals surface area contributed by atoms with Crippen LogP contribution < -0.4 is 10.6 Å². The third-order valence-electron chi connectivity index (χ3n) is 2.06. The fraction of sp³-hybridized carbons (Fsp3) is 0.250. The average molecular weight is 250 g/mol. The Labute approximate surface area is 104 Å². The number of rotatable bonds is 5. The van der Waals surface area contributed by atoms with Crippen molar-refractivity contribution in [2.75, 3.05) is 11.9 Å². The summed E-state index contributed by atoms with van der Waals surface area (Å²) in [5.74, 6) is -2.07. The first kappa shape index (κ1) is 13.7. The Hall–Kier alpha value is -2.37. The summed E-state index contributed by atoms with van der Waals surface area (Å²) in [5.41, 5.74) is 0.801. The summed E-state index contributed by atoms with van der Waals surface area (Å²) in [6.07, 6.45) is -0.606. The van der Waals surface area contributed by atoms with Crippen LogP contribution >= 0.6 is 0 Å². The second kappa shape index (κ2) is 6.39. The van der Waals surface area contributed by atoms with Crippen molar-refractivity contribution < 1.29 is 19.5 Å². The first-order valence-electron chi connectivity index (χ1n) is 5.43. The molecule has 0 aromatic heterocycles. The highest BCUT2D eigenvalue weighted by Crippen LogP contribution is 2.11. The molecular weight excluding hydrogens is 236 g/mol. The van der Waals surface area contributed by atoms with Gasteiger partial charge in [-0.1, -0.05) is 6.07 Å². The summed E-state index contributed by atoms with van der Waals surface area (Å²) in [7, 11) is 0. The highest BCUT2D eigenvalue weighted by molar-refractivity contribution is 6.02. The number of hydrogen-bond acceptors (Lipinski definition) is 3. The standard InChI is InChI=1S/C12H14N2O4/c1-2-13-12(18)8-4-3-5-9(6-8)14-10(15)7-11(16)17/h3-6H,2,7H2,1H3,(H,13,18)(H,14,15)(H,16,17). The minimum Gasteiger partial charge on any atom is -0.481 e. The van der Waals surface area contributed by atoms with Crippen LogP contribution in [-0.2, 0) is 9.59 Å². The summed E-state index contributed by atoms with van der Waals surface area (Å²) >= 11 is 0. The van der Waals surface area contributed by atoms with Gasteiger partial charge in [0.1, 0.15) is 6.42 Å². The Morgan fingerprint density at radius 1 is 1.28 bits per heavy atom. The molecule has 1 aromatic rings. The lowest BCUT2D eigenvalue weighted by Crippen LogP contribution is -2.23. The normalized spacial score (nSPS) is 9.61. The molecule has 96 valence electrons. The van der Waals surface area contributed by atoms with Crippen LogP contribution in [0.25, 0.3) is 0 Å². The van der Waals surface area contributed by atoms with Crippen molar-refractivity contribution in [1.29, 1.82) is 0 Å². The number of benzene rings is 1. The number of nitrogens with one attached hydrogen (secondary N) is 2. The molecule has 1 aromatic carbocycles. The molecule has 0 saturated heterocycles. The number of aliphatic carboxylic acids is 1. The van der Waals surface area contributed by atoms with Gasteiger partial charge in [0.05, 0.1) is 0 Å². The Morgan fingerprint density at radius 3 is 2.61 bits per heavy atom. The smallest absolute Gasteiger partial charge is 0.312 e. The van der Waals surface area contributed by atoms with E-state index in [1.54, 1.807) is 25.1 Å². The van der Waals surface area contributed by atoms with Gasteiger partial charge in [0.15, 0.2) is 0 Å². The molecule has 0 bridgehead atoms. The van der Waals surface area contributed by atoms with Gasteiger partial charge in [0, 0.05) is 17.8 Å². The number of carbonyl (C=O) groups excluding carboxylic acids is 2. The Bertz CT molecular complexity index is 471. The molecule has 0 atom stereocenters. The van der Waals surface area contributed by atoms with Gasteiger partial charge in [-0.25, -0.2) is 0 Å². The molecule has 0 spiro atoms. The number of anilines is 1. The minimum absolute atomic E-state index is 0.244. The van der Waals surface area contributed by atoms with Crippen LogP contribution in [-0.4, -0.2) is 29.4 Å². The Morgan fingerprint density at radius 2 is 2.00 bits per heavy atom. The summed E-state index contributed by atoms with van der Waals surface area (Å²) in [5, 5.41) is 13.5. The third-order valence-corrected chi connectivity index (χ3v) is 2.06. The maximum absolute atomic E-state index is 11.5. The summed E-state index contributed by atoms with van der Waals surface area (Å²) in [4.78, 5) is 33.1. The Balaban J connectivity index is 2.73. The lowest BCUT2D eigenvalue weighted by Gasteiger charge is -2.06. The van der Waals surface area contributed by atoms with Crippen molar-refractivity contribution in [2.45, 2.75) is 13.3 Å². The molecule has 2 amide bonds. The van der Waals surface area contributed by atoms with Crippen LogP contribution in [0.5, 0.6) is 0 Å². The molecule has 3 N–H and O–H groups in total. The molecule has 0 fully saturated rings. The van der Waals surface area contributed by atoms with Gasteiger partial charge in [-0.05, 0) is 25.1 Å². The maximum Gasteiger partial charge on any atom is 0.312 e. The van der Waals surface area contributed by atoms with E-state index in [0.29, 0.717) is 17.8 Å². The second-order valence-electron chi connectivity index (χ2n) is 3.56. The lowest BCUT2D eigenvalue weighted by molar-refractivity contribution is -0.139. The van der Waals surface area contributed by atoms with Gasteiger partial charge in [0.25, 0.3) is 5.91 Å². The average Bonchev–Trinajstić information content (AvgIpc) is 2.28. The van der Waals surface area contributed by atoms with E-state index in [9.17, 15) is 14.4 Å². The van der Waals surface area contributed by atoms with Gasteiger partial charge in [-0.3, -0.25) is 14.4 Å². The molecule has 6 nitrogen and oxygen atoms in total. The zero-order valence-corrected chi connectivity index (χ0v) is 9.90. The molecule has 0 unspecified atom stereocenters. The first-order chi connectivity index (χ1) is 8.52. The molecule has 1 rings (SSSR count). The van der Waals surface area contributed by atoms with Gasteiger partial charge in [-0.15, -0.1) is 0 Å². The van der Waals surface area contributed by atoms with E-state index in [-0.39, 0.29) is 5.91 Å². The SMILES string of the molecule is CCNC(=O)c1cccc(NC(=O)CC(=O)O)c1. The summed E-state index contributed by atoms with van der Waals surface area (Å²) in [6, 6.07) is 6.30. The zero-order valence-electron chi connectivity index (χ0n) is 9.90. The van der Waals surface area contributed by atoms with Gasteiger partial charge in [0.2, 0.25) is 5.91 Å². The Kier molecular flexibility index (Phi) is 4.86. The highest BCUT2D eigenvalue weighted by atomic mass is 16.4. The molecular formula is C12H14N2O4. The first-order valence-corrected chi connectivity index (χ1v) is 5.43. The lowest BCUT2D eigenvalue weighted by atomic mass is 10.2. The topological polar surface area (TPSA) is 95.5 Å². The van der Waals surface area contributed by atoms with Gasteiger partial charge in [-0.2, -0.15) is 0 Å². The quantitative estimate of drug-likeness (QED) is 0.675. The predicted octanol–water partition coefficient (Wildman–Crippen LogP) is 0.849. The van der Waals surface area contributed by atoms with E-state index >= 15 is 0 Å². The van der Waals surface area contributed by atoms with Crippen molar-refractivity contribution in [1.82, 2.24) is 5.32 Å². The predicted molar refractivity (Wildman–Crippen MR) is 65.3 cm³/mol. The van der Waals surface area contributed by atoms with Crippen LogP contribution in [0.1, 0.15) is 23.7 Å². The molecule has 0 radical (unpaired) electrons. The molecule has 0 heterocycles. The monoisotopic (exact) mass is 250 g/mol. The van der Waals surface area contributed by atoms with E-state index in [1.165, 1.54) is 6.07 Å². The number of carboxylic acids is 1. The van der Waals surface area contributed by atoms with Crippen molar-refractivity contribution in [3.05, 3.63) is 29.8 Å². The molecule has 0 aliphatic carbocycles.